The van der Waals surface area contributed by atoms with E-state index in [1.807, 2.05) is 12.1 Å². The largest absolute Gasteiger partial charge is 0.497 e. The standard InChI is InChI=1S/C20H15ClFNO4/c1-26-13-5-2-11(3-6-13)14-9-18(24)23(17-10-27-20(25)19(14)17)12-4-7-16(22)15(21)8-12/h2-8,14H,9-10H2,1H3. The monoisotopic (exact) mass is 387 g/mol. The average molecular weight is 388 g/mol. The van der Waals surface area contributed by atoms with Crippen LogP contribution in [0, 0.1) is 5.82 Å². The lowest BCUT2D eigenvalue weighted by Gasteiger charge is -2.32. The summed E-state index contributed by atoms with van der Waals surface area (Å²) in [5.41, 5.74) is 2.15. The summed E-state index contributed by atoms with van der Waals surface area (Å²) < 4.78 is 23.9. The minimum Gasteiger partial charge on any atom is -0.497 e. The first-order chi connectivity index (χ1) is 13.0. The van der Waals surface area contributed by atoms with Crippen LogP contribution in [-0.2, 0) is 14.3 Å². The molecule has 0 N–H and O–H groups in total. The van der Waals surface area contributed by atoms with Crippen molar-refractivity contribution in [2.24, 2.45) is 0 Å². The second kappa shape index (κ2) is 6.70. The van der Waals surface area contributed by atoms with Gasteiger partial charge >= 0.3 is 5.97 Å². The summed E-state index contributed by atoms with van der Waals surface area (Å²) in [4.78, 5) is 26.7. The molecule has 138 valence electrons. The minimum atomic E-state index is -0.575. The summed E-state index contributed by atoms with van der Waals surface area (Å²) in [6.07, 6.45) is 0.0925. The molecule has 1 amide bonds. The van der Waals surface area contributed by atoms with Crippen molar-refractivity contribution >= 4 is 29.2 Å². The van der Waals surface area contributed by atoms with Crippen molar-refractivity contribution in [1.82, 2.24) is 0 Å². The van der Waals surface area contributed by atoms with E-state index in [9.17, 15) is 14.0 Å². The van der Waals surface area contributed by atoms with Crippen molar-refractivity contribution < 1.29 is 23.5 Å². The van der Waals surface area contributed by atoms with Gasteiger partial charge < -0.3 is 9.47 Å². The number of carbonyl (C=O) groups is 2. The molecule has 2 heterocycles. The first-order valence-electron chi connectivity index (χ1n) is 8.31. The van der Waals surface area contributed by atoms with Crippen LogP contribution in [0.4, 0.5) is 10.1 Å². The third kappa shape index (κ3) is 2.96. The van der Waals surface area contributed by atoms with Gasteiger partial charge in [0.25, 0.3) is 0 Å². The minimum absolute atomic E-state index is 0.0123. The summed E-state index contributed by atoms with van der Waals surface area (Å²) >= 11 is 5.87. The fourth-order valence-electron chi connectivity index (χ4n) is 3.50. The second-order valence-corrected chi connectivity index (χ2v) is 6.70. The zero-order valence-electron chi connectivity index (χ0n) is 14.4. The van der Waals surface area contributed by atoms with Crippen LogP contribution in [0.1, 0.15) is 17.9 Å². The van der Waals surface area contributed by atoms with Crippen LogP contribution in [0.5, 0.6) is 5.75 Å². The molecule has 2 aliphatic rings. The Morgan fingerprint density at radius 3 is 2.59 bits per heavy atom. The molecule has 5 nitrogen and oxygen atoms in total. The molecular weight excluding hydrogens is 373 g/mol. The SMILES string of the molecule is COc1ccc(C2CC(=O)N(c3ccc(F)c(Cl)c3)C3=C2C(=O)OC3)cc1. The number of cyclic esters (lactones) is 1. The van der Waals surface area contributed by atoms with Crippen molar-refractivity contribution in [2.45, 2.75) is 12.3 Å². The highest BCUT2D eigenvalue weighted by molar-refractivity contribution is 6.31. The molecule has 0 saturated carbocycles. The van der Waals surface area contributed by atoms with Gasteiger partial charge in [-0.15, -0.1) is 0 Å². The van der Waals surface area contributed by atoms with Crippen LogP contribution in [0.3, 0.4) is 0 Å². The fourth-order valence-corrected chi connectivity index (χ4v) is 3.67. The zero-order valence-corrected chi connectivity index (χ0v) is 15.1. The Hall–Kier alpha value is -2.86. The molecule has 0 bridgehead atoms. The number of methoxy groups -OCH3 is 1. The zero-order chi connectivity index (χ0) is 19.1. The van der Waals surface area contributed by atoms with Gasteiger partial charge in [0, 0.05) is 12.3 Å². The molecule has 2 aromatic carbocycles. The van der Waals surface area contributed by atoms with E-state index < -0.39 is 17.7 Å². The number of halogens is 2. The van der Waals surface area contributed by atoms with E-state index in [1.54, 1.807) is 19.2 Å². The molecule has 2 aromatic rings. The second-order valence-electron chi connectivity index (χ2n) is 6.29. The number of nitrogens with zero attached hydrogens (tertiary/aromatic N) is 1. The maximum absolute atomic E-state index is 13.5. The van der Waals surface area contributed by atoms with Crippen LogP contribution >= 0.6 is 11.6 Å². The lowest BCUT2D eigenvalue weighted by Crippen LogP contribution is -2.37. The van der Waals surface area contributed by atoms with Crippen LogP contribution in [0.2, 0.25) is 5.02 Å². The van der Waals surface area contributed by atoms with E-state index in [4.69, 9.17) is 21.1 Å². The Balaban J connectivity index is 1.79. The Kier molecular flexibility index (Phi) is 4.36. The molecular formula is C20H15ClFNO4. The van der Waals surface area contributed by atoms with Crippen molar-refractivity contribution in [1.29, 1.82) is 0 Å². The lowest BCUT2D eigenvalue weighted by molar-refractivity contribution is -0.136. The van der Waals surface area contributed by atoms with Crippen LogP contribution in [0.25, 0.3) is 0 Å². The van der Waals surface area contributed by atoms with Crippen LogP contribution < -0.4 is 9.64 Å². The first-order valence-corrected chi connectivity index (χ1v) is 8.69. The highest BCUT2D eigenvalue weighted by Gasteiger charge is 2.43. The highest BCUT2D eigenvalue weighted by Crippen LogP contribution is 2.42. The lowest BCUT2D eigenvalue weighted by atomic mass is 9.84. The number of carbonyl (C=O) groups excluding carboxylic acids is 2. The quantitative estimate of drug-likeness (QED) is 0.751. The predicted molar refractivity (Wildman–Crippen MR) is 97.2 cm³/mol. The maximum atomic E-state index is 13.5. The first kappa shape index (κ1) is 17.5. The van der Waals surface area contributed by atoms with Crippen molar-refractivity contribution in [3.63, 3.8) is 0 Å². The van der Waals surface area contributed by atoms with E-state index in [1.165, 1.54) is 23.1 Å². The predicted octanol–water partition coefficient (Wildman–Crippen LogP) is 3.82. The van der Waals surface area contributed by atoms with Gasteiger partial charge in [-0.3, -0.25) is 9.69 Å². The Morgan fingerprint density at radius 2 is 1.93 bits per heavy atom. The molecule has 0 aliphatic carbocycles. The average Bonchev–Trinajstić information content (AvgIpc) is 3.05. The molecule has 0 radical (unpaired) electrons. The third-order valence-corrected chi connectivity index (χ3v) is 5.09. The van der Waals surface area contributed by atoms with E-state index >= 15 is 0 Å². The van der Waals surface area contributed by atoms with E-state index in [0.717, 1.165) is 5.56 Å². The van der Waals surface area contributed by atoms with Crippen molar-refractivity contribution in [3.05, 3.63) is 70.1 Å². The van der Waals surface area contributed by atoms with E-state index in [2.05, 4.69) is 0 Å². The number of esters is 1. The number of amides is 1. The fraction of sp³-hybridized carbons (Fsp3) is 0.200. The number of rotatable bonds is 3. The molecule has 2 aliphatic heterocycles. The topological polar surface area (TPSA) is 55.8 Å². The molecule has 1 atom stereocenters. The molecule has 0 saturated heterocycles. The van der Waals surface area contributed by atoms with Gasteiger partial charge in [-0.25, -0.2) is 9.18 Å². The summed E-state index contributed by atoms with van der Waals surface area (Å²) in [7, 11) is 1.57. The van der Waals surface area contributed by atoms with Gasteiger partial charge in [-0.05, 0) is 35.9 Å². The summed E-state index contributed by atoms with van der Waals surface area (Å²) in [6, 6.07) is 11.3. The van der Waals surface area contributed by atoms with Crippen LogP contribution in [0.15, 0.2) is 53.7 Å². The molecule has 0 spiro atoms. The Labute approximate surface area is 159 Å². The molecule has 4 rings (SSSR count). The van der Waals surface area contributed by atoms with Crippen molar-refractivity contribution in [2.75, 3.05) is 18.6 Å². The molecule has 0 fully saturated rings. The number of anilines is 1. The van der Waals surface area contributed by atoms with Crippen molar-refractivity contribution in [3.8, 4) is 5.75 Å². The number of hydrogen-bond acceptors (Lipinski definition) is 4. The third-order valence-electron chi connectivity index (χ3n) is 4.80. The summed E-state index contributed by atoms with van der Waals surface area (Å²) in [6.45, 7) is -0.0123. The van der Waals surface area contributed by atoms with Gasteiger partial charge in [-0.1, -0.05) is 23.7 Å². The maximum Gasteiger partial charge on any atom is 0.336 e. The molecule has 27 heavy (non-hydrogen) atoms. The van der Waals surface area contributed by atoms with Crippen LogP contribution in [-0.4, -0.2) is 25.6 Å². The van der Waals surface area contributed by atoms with Gasteiger partial charge in [0.2, 0.25) is 5.91 Å². The van der Waals surface area contributed by atoms with Gasteiger partial charge in [0.15, 0.2) is 0 Å². The van der Waals surface area contributed by atoms with Gasteiger partial charge in [0.1, 0.15) is 18.2 Å². The highest BCUT2D eigenvalue weighted by atomic mass is 35.5. The van der Waals surface area contributed by atoms with E-state index in [0.29, 0.717) is 22.7 Å². The Bertz CT molecular complexity index is 970. The summed E-state index contributed by atoms with van der Waals surface area (Å²) in [5.74, 6) is -0.951. The molecule has 7 heteroatoms. The van der Waals surface area contributed by atoms with E-state index in [-0.39, 0.29) is 24.0 Å². The molecule has 1 unspecified atom stereocenters. The number of ether oxygens (including phenoxy) is 2. The van der Waals surface area contributed by atoms with Gasteiger partial charge in [0.05, 0.1) is 29.1 Å². The molecule has 0 aromatic heterocycles. The summed E-state index contributed by atoms with van der Waals surface area (Å²) in [5, 5.41) is -0.0926. The normalized spacial score (nSPS) is 19.2. The number of hydrogen-bond donors (Lipinski definition) is 0. The number of benzene rings is 2. The Morgan fingerprint density at radius 1 is 1.19 bits per heavy atom. The van der Waals surface area contributed by atoms with Gasteiger partial charge in [-0.2, -0.15) is 0 Å². The smallest absolute Gasteiger partial charge is 0.336 e.